The largest absolute Gasteiger partial charge is 0.368 e. The second kappa shape index (κ2) is 2.82. The van der Waals surface area contributed by atoms with E-state index in [2.05, 4.69) is 4.84 Å². The summed E-state index contributed by atoms with van der Waals surface area (Å²) in [4.78, 5) is 12.2. The molecule has 3 nitrogen and oxygen atoms in total. The fraction of sp³-hybridized carbons (Fsp3) is 0.667. The molecule has 0 bridgehead atoms. The van der Waals surface area contributed by atoms with Gasteiger partial charge < -0.3 is 5.73 Å². The van der Waals surface area contributed by atoms with E-state index in [1.165, 1.54) is 0 Å². The Morgan fingerprint density at radius 2 is 2.43 bits per heavy atom. The van der Waals surface area contributed by atoms with Crippen molar-refractivity contribution >= 4 is 17.7 Å². The molecule has 0 saturated carbocycles. The number of hydrogen-bond acceptors (Lipinski definition) is 2. The third-order valence-electron chi connectivity index (χ3n) is 0.590. The highest BCUT2D eigenvalue weighted by Crippen LogP contribution is 1.77. The Bertz CT molecular complexity index is 75.3. The van der Waals surface area contributed by atoms with Gasteiger partial charge in [0.2, 0.25) is 5.91 Å². The molecular weight excluding hydrogens is 115 g/mol. The van der Waals surface area contributed by atoms with Crippen LogP contribution in [0.4, 0.5) is 0 Å². The molecule has 0 aliphatic carbocycles. The van der Waals surface area contributed by atoms with Gasteiger partial charge in [0.1, 0.15) is 0 Å². The van der Waals surface area contributed by atoms with Crippen LogP contribution in [-0.4, -0.2) is 11.9 Å². The van der Waals surface area contributed by atoms with Gasteiger partial charge >= 0.3 is 0 Å². The lowest BCUT2D eigenvalue weighted by Gasteiger charge is -1.98. The van der Waals surface area contributed by atoms with Gasteiger partial charge in [0.15, 0.2) is 0 Å². The van der Waals surface area contributed by atoms with Crippen molar-refractivity contribution in [3.05, 3.63) is 0 Å². The zero-order valence-electron chi connectivity index (χ0n) is 3.94. The first-order valence-electron chi connectivity index (χ1n) is 1.84. The van der Waals surface area contributed by atoms with E-state index in [4.69, 9.17) is 17.5 Å². The van der Waals surface area contributed by atoms with Gasteiger partial charge in [-0.1, -0.05) is 0 Å². The second-order valence-electron chi connectivity index (χ2n) is 1.23. The van der Waals surface area contributed by atoms with Crippen LogP contribution in [0.3, 0.4) is 0 Å². The van der Waals surface area contributed by atoms with Gasteiger partial charge in [-0.3, -0.25) is 4.79 Å². The molecule has 0 aliphatic rings. The molecule has 0 saturated heterocycles. The summed E-state index contributed by atoms with van der Waals surface area (Å²) < 4.78 is 0. The summed E-state index contributed by atoms with van der Waals surface area (Å²) in [5.41, 5.74) is 4.76. The molecule has 0 radical (unpaired) electrons. The highest BCUT2D eigenvalue weighted by molar-refractivity contribution is 6.14. The Morgan fingerprint density at radius 1 is 2.00 bits per heavy atom. The van der Waals surface area contributed by atoms with Crippen molar-refractivity contribution in [2.24, 2.45) is 5.73 Å². The molecule has 0 aromatic carbocycles. The molecule has 1 unspecified atom stereocenters. The fourth-order valence-electron chi connectivity index (χ4n) is 0.0538. The smallest absolute Gasteiger partial charge is 0.235 e. The van der Waals surface area contributed by atoms with Crippen molar-refractivity contribution in [1.82, 2.24) is 4.84 Å². The summed E-state index contributed by atoms with van der Waals surface area (Å²) in [7, 11) is 0. The molecule has 0 heterocycles. The average molecular weight is 123 g/mol. The van der Waals surface area contributed by atoms with Gasteiger partial charge in [-0.25, -0.2) is 4.84 Å². The Hall–Kier alpha value is -0.280. The highest BCUT2D eigenvalue weighted by Gasteiger charge is 2.02. The molecule has 0 fully saturated rings. The van der Waals surface area contributed by atoms with Crippen LogP contribution in [0, 0.1) is 0 Å². The zero-order valence-corrected chi connectivity index (χ0v) is 4.70. The summed E-state index contributed by atoms with van der Waals surface area (Å²) >= 11 is 5.00. The van der Waals surface area contributed by atoms with Crippen LogP contribution >= 0.6 is 11.8 Å². The number of halogens is 1. The lowest BCUT2D eigenvalue weighted by atomic mass is 10.4. The maximum atomic E-state index is 10.0. The standard InChI is InChI=1S/C3H7ClN2O/c1-2(6-4)3(5)7/h2,6H,1H3,(H2,5,7). The van der Waals surface area contributed by atoms with Crippen molar-refractivity contribution in [3.8, 4) is 0 Å². The second-order valence-corrected chi connectivity index (χ2v) is 1.45. The number of carbonyl (C=O) groups excluding carboxylic acids is 1. The van der Waals surface area contributed by atoms with Gasteiger partial charge in [0, 0.05) is 0 Å². The maximum absolute atomic E-state index is 10.0. The van der Waals surface area contributed by atoms with Crippen molar-refractivity contribution in [3.63, 3.8) is 0 Å². The van der Waals surface area contributed by atoms with Crippen LogP contribution in [0.5, 0.6) is 0 Å². The molecule has 4 heteroatoms. The van der Waals surface area contributed by atoms with E-state index in [-0.39, 0.29) is 0 Å². The number of amides is 1. The topological polar surface area (TPSA) is 55.1 Å². The van der Waals surface area contributed by atoms with Gasteiger partial charge in [-0.2, -0.15) is 0 Å². The molecule has 0 spiro atoms. The molecule has 0 rings (SSSR count). The van der Waals surface area contributed by atoms with E-state index < -0.39 is 11.9 Å². The van der Waals surface area contributed by atoms with Crippen LogP contribution < -0.4 is 10.6 Å². The molecular formula is C3H7ClN2O. The molecule has 3 N–H and O–H groups in total. The lowest BCUT2D eigenvalue weighted by Crippen LogP contribution is -2.33. The van der Waals surface area contributed by atoms with E-state index in [1.54, 1.807) is 6.92 Å². The van der Waals surface area contributed by atoms with Crippen molar-refractivity contribution in [1.29, 1.82) is 0 Å². The third kappa shape index (κ3) is 2.42. The summed E-state index contributed by atoms with van der Waals surface area (Å²) in [6.45, 7) is 1.58. The molecule has 0 aliphatic heterocycles. The van der Waals surface area contributed by atoms with E-state index >= 15 is 0 Å². The monoisotopic (exact) mass is 122 g/mol. The molecule has 1 atom stereocenters. The van der Waals surface area contributed by atoms with E-state index in [0.29, 0.717) is 0 Å². The molecule has 0 aromatic rings. The summed E-state index contributed by atoms with van der Waals surface area (Å²) in [6.07, 6.45) is 0. The number of hydrogen-bond donors (Lipinski definition) is 2. The first-order chi connectivity index (χ1) is 3.18. The van der Waals surface area contributed by atoms with Gasteiger partial charge in [0.25, 0.3) is 0 Å². The highest BCUT2D eigenvalue weighted by atomic mass is 35.5. The van der Waals surface area contributed by atoms with Gasteiger partial charge in [-0.15, -0.1) is 0 Å². The van der Waals surface area contributed by atoms with Crippen LogP contribution in [0.1, 0.15) is 6.92 Å². The third-order valence-corrected chi connectivity index (χ3v) is 0.918. The van der Waals surface area contributed by atoms with E-state index in [1.807, 2.05) is 0 Å². The zero-order chi connectivity index (χ0) is 5.86. The van der Waals surface area contributed by atoms with Crippen LogP contribution in [0.15, 0.2) is 0 Å². The van der Waals surface area contributed by atoms with Gasteiger partial charge in [-0.05, 0) is 18.7 Å². The number of primary amides is 1. The van der Waals surface area contributed by atoms with Crippen molar-refractivity contribution in [2.75, 3.05) is 0 Å². The summed E-state index contributed by atoms with van der Waals surface area (Å²) in [5.74, 6) is -0.449. The first-order valence-corrected chi connectivity index (χ1v) is 2.21. The van der Waals surface area contributed by atoms with Crippen LogP contribution in [-0.2, 0) is 4.79 Å². The SMILES string of the molecule is CC(NCl)C(N)=O. The minimum absolute atomic E-state index is 0.443. The van der Waals surface area contributed by atoms with Crippen molar-refractivity contribution < 1.29 is 4.79 Å². The Kier molecular flexibility index (Phi) is 2.71. The number of carbonyl (C=O) groups is 1. The summed E-state index contributed by atoms with van der Waals surface area (Å²) in [5, 5.41) is 0. The Labute approximate surface area is 46.9 Å². The number of nitrogens with one attached hydrogen (secondary N) is 1. The Morgan fingerprint density at radius 3 is 2.43 bits per heavy atom. The number of nitrogens with two attached hydrogens (primary N) is 1. The Balaban J connectivity index is 3.34. The quantitative estimate of drug-likeness (QED) is 0.490. The number of rotatable bonds is 2. The maximum Gasteiger partial charge on any atom is 0.235 e. The minimum Gasteiger partial charge on any atom is -0.368 e. The summed E-state index contributed by atoms with van der Waals surface area (Å²) in [6, 6.07) is -0.443. The fourth-order valence-corrected chi connectivity index (χ4v) is 0.161. The van der Waals surface area contributed by atoms with Crippen molar-refractivity contribution in [2.45, 2.75) is 13.0 Å². The van der Waals surface area contributed by atoms with E-state index in [0.717, 1.165) is 0 Å². The average Bonchev–Trinajstić information content (AvgIpc) is 1.65. The molecule has 7 heavy (non-hydrogen) atoms. The van der Waals surface area contributed by atoms with Crippen LogP contribution in [0.2, 0.25) is 0 Å². The predicted molar refractivity (Wildman–Crippen MR) is 27.6 cm³/mol. The normalized spacial score (nSPS) is 13.4. The first kappa shape index (κ1) is 6.72. The minimum atomic E-state index is -0.449. The molecule has 0 aromatic heterocycles. The predicted octanol–water partition coefficient (Wildman–Crippen LogP) is -0.396. The van der Waals surface area contributed by atoms with E-state index in [9.17, 15) is 4.79 Å². The molecule has 1 amide bonds. The lowest BCUT2D eigenvalue weighted by molar-refractivity contribution is -0.119. The molecule has 42 valence electrons. The van der Waals surface area contributed by atoms with Gasteiger partial charge in [0.05, 0.1) is 6.04 Å². The van der Waals surface area contributed by atoms with Crippen LogP contribution in [0.25, 0.3) is 0 Å².